The number of pyridine rings is 1. The highest BCUT2D eigenvalue weighted by atomic mass is 16.5. The Bertz CT molecular complexity index is 659. The molecule has 2 amide bonds. The molecule has 0 spiro atoms. The summed E-state index contributed by atoms with van der Waals surface area (Å²) in [7, 11) is 0. The number of aryl methyl sites for hydroxylation is 1. The molecule has 6 nitrogen and oxygen atoms in total. The number of carbonyl (C=O) groups is 2. The van der Waals surface area contributed by atoms with Crippen molar-refractivity contribution in [3.63, 3.8) is 0 Å². The Labute approximate surface area is 134 Å². The second kappa shape index (κ2) is 8.53. The molecule has 6 heteroatoms. The van der Waals surface area contributed by atoms with E-state index in [0.717, 1.165) is 11.3 Å². The van der Waals surface area contributed by atoms with E-state index in [9.17, 15) is 9.59 Å². The molecule has 0 unspecified atom stereocenters. The number of amides is 2. The number of hydrogen-bond donors (Lipinski definition) is 2. The van der Waals surface area contributed by atoms with Crippen LogP contribution in [-0.4, -0.2) is 23.4 Å². The number of hydrogen-bond acceptors (Lipinski definition) is 4. The van der Waals surface area contributed by atoms with E-state index in [1.807, 2.05) is 31.2 Å². The van der Waals surface area contributed by atoms with Crippen LogP contribution in [0.4, 0.5) is 0 Å². The van der Waals surface area contributed by atoms with Gasteiger partial charge in [-0.25, -0.2) is 0 Å². The normalized spacial score (nSPS) is 9.96. The third kappa shape index (κ3) is 5.78. The maximum atomic E-state index is 11.7. The minimum Gasteiger partial charge on any atom is -0.494 e. The fourth-order valence-corrected chi connectivity index (χ4v) is 1.89. The van der Waals surface area contributed by atoms with Crippen LogP contribution in [0.2, 0.25) is 0 Å². The molecule has 0 saturated carbocycles. The first-order valence-corrected chi connectivity index (χ1v) is 7.34. The summed E-state index contributed by atoms with van der Waals surface area (Å²) in [6.07, 6.45) is 3.85. The van der Waals surface area contributed by atoms with E-state index in [1.165, 1.54) is 12.4 Å². The lowest BCUT2D eigenvalue weighted by molar-refractivity contribution is -0.122. The topological polar surface area (TPSA) is 80.3 Å². The molecule has 2 rings (SSSR count). The summed E-state index contributed by atoms with van der Waals surface area (Å²) in [4.78, 5) is 27.2. The lowest BCUT2D eigenvalue weighted by atomic mass is 10.2. The van der Waals surface area contributed by atoms with E-state index in [1.54, 1.807) is 12.1 Å². The van der Waals surface area contributed by atoms with Crippen molar-refractivity contribution in [2.75, 3.05) is 6.61 Å². The van der Waals surface area contributed by atoms with Crippen molar-refractivity contribution in [1.29, 1.82) is 0 Å². The molecular formula is C17H19N3O3. The Hall–Kier alpha value is -2.89. The van der Waals surface area contributed by atoms with E-state index in [-0.39, 0.29) is 18.2 Å². The predicted molar refractivity (Wildman–Crippen MR) is 85.8 cm³/mol. The SMILES string of the molecule is Cc1cccc(OCCCC(=O)NNC(=O)c2ccncc2)c1. The van der Waals surface area contributed by atoms with Gasteiger partial charge < -0.3 is 4.74 Å². The molecule has 1 aromatic carbocycles. The lowest BCUT2D eigenvalue weighted by Gasteiger charge is -2.08. The molecule has 0 aliphatic heterocycles. The van der Waals surface area contributed by atoms with E-state index in [4.69, 9.17) is 4.74 Å². The molecule has 0 bridgehead atoms. The summed E-state index contributed by atoms with van der Waals surface area (Å²) < 4.78 is 5.56. The van der Waals surface area contributed by atoms with Gasteiger partial charge in [-0.3, -0.25) is 25.4 Å². The molecule has 0 saturated heterocycles. The molecule has 0 aliphatic carbocycles. The first-order valence-electron chi connectivity index (χ1n) is 7.34. The maximum Gasteiger partial charge on any atom is 0.269 e. The summed E-state index contributed by atoms with van der Waals surface area (Å²) in [6.45, 7) is 2.43. The number of nitrogens with one attached hydrogen (secondary N) is 2. The number of aromatic nitrogens is 1. The number of carbonyl (C=O) groups excluding carboxylic acids is 2. The standard InChI is InChI=1S/C17H19N3O3/c1-13-4-2-5-15(12-13)23-11-3-6-16(21)19-20-17(22)14-7-9-18-10-8-14/h2,4-5,7-10,12H,3,6,11H2,1H3,(H,19,21)(H,20,22). The molecular weight excluding hydrogens is 294 g/mol. The predicted octanol–water partition coefficient (Wildman–Crippen LogP) is 2.01. The van der Waals surface area contributed by atoms with Gasteiger partial charge in [-0.15, -0.1) is 0 Å². The Morgan fingerprint density at radius 1 is 1.13 bits per heavy atom. The number of nitrogens with zero attached hydrogens (tertiary/aromatic N) is 1. The van der Waals surface area contributed by atoms with Gasteiger partial charge in [0, 0.05) is 24.4 Å². The van der Waals surface area contributed by atoms with Gasteiger partial charge >= 0.3 is 0 Å². The largest absolute Gasteiger partial charge is 0.494 e. The molecule has 0 atom stereocenters. The van der Waals surface area contributed by atoms with Crippen LogP contribution in [0.5, 0.6) is 5.75 Å². The zero-order valence-electron chi connectivity index (χ0n) is 12.9. The molecule has 0 fully saturated rings. The average molecular weight is 313 g/mol. The number of ether oxygens (including phenoxy) is 1. The van der Waals surface area contributed by atoms with Crippen molar-refractivity contribution in [3.8, 4) is 5.75 Å². The zero-order valence-corrected chi connectivity index (χ0v) is 12.9. The summed E-state index contributed by atoms with van der Waals surface area (Å²) in [5.41, 5.74) is 6.29. The van der Waals surface area contributed by atoms with Crippen LogP contribution in [-0.2, 0) is 4.79 Å². The molecule has 1 aromatic heterocycles. The van der Waals surface area contributed by atoms with Crippen molar-refractivity contribution in [2.45, 2.75) is 19.8 Å². The van der Waals surface area contributed by atoms with Crippen molar-refractivity contribution in [2.24, 2.45) is 0 Å². The van der Waals surface area contributed by atoms with Crippen LogP contribution >= 0.6 is 0 Å². The Balaban J connectivity index is 1.63. The van der Waals surface area contributed by atoms with Gasteiger partial charge in [-0.1, -0.05) is 12.1 Å². The van der Waals surface area contributed by atoms with E-state index >= 15 is 0 Å². The minimum absolute atomic E-state index is 0.264. The molecule has 1 heterocycles. The van der Waals surface area contributed by atoms with Gasteiger partial charge in [0.1, 0.15) is 5.75 Å². The van der Waals surface area contributed by atoms with Crippen LogP contribution < -0.4 is 15.6 Å². The molecule has 0 radical (unpaired) electrons. The highest BCUT2D eigenvalue weighted by Crippen LogP contribution is 2.12. The molecule has 2 N–H and O–H groups in total. The molecule has 23 heavy (non-hydrogen) atoms. The minimum atomic E-state index is -0.378. The highest BCUT2D eigenvalue weighted by Gasteiger charge is 2.06. The number of hydrazine groups is 1. The Kier molecular flexibility index (Phi) is 6.11. The van der Waals surface area contributed by atoms with Gasteiger partial charge in [0.2, 0.25) is 5.91 Å². The van der Waals surface area contributed by atoms with Crippen molar-refractivity contribution in [3.05, 3.63) is 59.9 Å². The first-order chi connectivity index (χ1) is 11.1. The van der Waals surface area contributed by atoms with Crippen LogP contribution in [0.15, 0.2) is 48.8 Å². The molecule has 0 aliphatic rings. The fourth-order valence-electron chi connectivity index (χ4n) is 1.89. The van der Waals surface area contributed by atoms with Gasteiger partial charge in [0.15, 0.2) is 0 Å². The zero-order chi connectivity index (χ0) is 16.5. The smallest absolute Gasteiger partial charge is 0.269 e. The van der Waals surface area contributed by atoms with Gasteiger partial charge in [0.05, 0.1) is 6.61 Å². The van der Waals surface area contributed by atoms with E-state index in [0.29, 0.717) is 18.6 Å². The van der Waals surface area contributed by atoms with Crippen molar-refractivity contribution in [1.82, 2.24) is 15.8 Å². The monoisotopic (exact) mass is 313 g/mol. The Morgan fingerprint density at radius 2 is 1.91 bits per heavy atom. The second-order valence-corrected chi connectivity index (χ2v) is 5.01. The third-order valence-electron chi connectivity index (χ3n) is 3.06. The second-order valence-electron chi connectivity index (χ2n) is 5.01. The highest BCUT2D eigenvalue weighted by molar-refractivity contribution is 5.95. The van der Waals surface area contributed by atoms with E-state index < -0.39 is 0 Å². The number of rotatable bonds is 6. The van der Waals surface area contributed by atoms with Crippen molar-refractivity contribution < 1.29 is 14.3 Å². The summed E-state index contributed by atoms with van der Waals surface area (Å²) in [6, 6.07) is 10.9. The summed E-state index contributed by atoms with van der Waals surface area (Å²) in [5.74, 6) is 0.147. The maximum absolute atomic E-state index is 11.7. The van der Waals surface area contributed by atoms with Crippen LogP contribution in [0.1, 0.15) is 28.8 Å². The quantitative estimate of drug-likeness (QED) is 0.631. The van der Waals surface area contributed by atoms with Crippen LogP contribution in [0.25, 0.3) is 0 Å². The summed E-state index contributed by atoms with van der Waals surface area (Å²) in [5, 5.41) is 0. The van der Waals surface area contributed by atoms with Crippen LogP contribution in [0.3, 0.4) is 0 Å². The third-order valence-corrected chi connectivity index (χ3v) is 3.06. The Morgan fingerprint density at radius 3 is 2.65 bits per heavy atom. The number of benzene rings is 1. The van der Waals surface area contributed by atoms with Gasteiger partial charge in [-0.2, -0.15) is 0 Å². The lowest BCUT2D eigenvalue weighted by Crippen LogP contribution is -2.41. The van der Waals surface area contributed by atoms with Crippen LogP contribution in [0, 0.1) is 6.92 Å². The first kappa shape index (κ1) is 16.5. The van der Waals surface area contributed by atoms with Crippen molar-refractivity contribution >= 4 is 11.8 Å². The average Bonchev–Trinajstić information content (AvgIpc) is 2.57. The molecule has 2 aromatic rings. The fraction of sp³-hybridized carbons (Fsp3) is 0.235. The van der Waals surface area contributed by atoms with Gasteiger partial charge in [-0.05, 0) is 43.2 Å². The van der Waals surface area contributed by atoms with Gasteiger partial charge in [0.25, 0.3) is 5.91 Å². The molecule has 120 valence electrons. The van der Waals surface area contributed by atoms with E-state index in [2.05, 4.69) is 15.8 Å². The summed E-state index contributed by atoms with van der Waals surface area (Å²) >= 11 is 0.